The predicted molar refractivity (Wildman–Crippen MR) is 102 cm³/mol. The van der Waals surface area contributed by atoms with Crippen molar-refractivity contribution >= 4 is 33.2 Å². The van der Waals surface area contributed by atoms with E-state index in [1.807, 2.05) is 48.9 Å². The van der Waals surface area contributed by atoms with Crippen LogP contribution in [0.4, 0.5) is 5.69 Å². The quantitative estimate of drug-likeness (QED) is 0.560. The smallest absolute Gasteiger partial charge is 0.277 e. The van der Waals surface area contributed by atoms with Crippen LogP contribution in [0.3, 0.4) is 0 Å². The summed E-state index contributed by atoms with van der Waals surface area (Å²) in [5.74, 6) is -0.304. The van der Waals surface area contributed by atoms with Crippen LogP contribution >= 0.6 is 15.9 Å². The van der Waals surface area contributed by atoms with E-state index in [1.54, 1.807) is 23.0 Å². The third-order valence-corrected chi connectivity index (χ3v) is 4.66. The molecule has 0 aliphatic heterocycles. The summed E-state index contributed by atoms with van der Waals surface area (Å²) >= 11 is 3.40. The lowest BCUT2D eigenvalue weighted by molar-refractivity contribution is 0.102. The average Bonchev–Trinajstić information content (AvgIpc) is 3.15. The third kappa shape index (κ3) is 2.88. The van der Waals surface area contributed by atoms with Crippen molar-refractivity contribution in [3.63, 3.8) is 0 Å². The molecule has 8 heteroatoms. The molecule has 1 amide bonds. The van der Waals surface area contributed by atoms with Gasteiger partial charge in [0.25, 0.3) is 5.91 Å². The number of aromatic nitrogens is 5. The van der Waals surface area contributed by atoms with Crippen LogP contribution in [0, 0.1) is 13.8 Å². The Morgan fingerprint density at radius 3 is 2.58 bits per heavy atom. The summed E-state index contributed by atoms with van der Waals surface area (Å²) in [4.78, 5) is 16.8. The van der Waals surface area contributed by atoms with Gasteiger partial charge >= 0.3 is 0 Å². The molecule has 0 spiro atoms. The summed E-state index contributed by atoms with van der Waals surface area (Å²) in [6.07, 6.45) is 3.40. The minimum absolute atomic E-state index is 0.284. The lowest BCUT2D eigenvalue weighted by Crippen LogP contribution is -2.13. The van der Waals surface area contributed by atoms with Crippen LogP contribution in [-0.4, -0.2) is 30.3 Å². The highest BCUT2D eigenvalue weighted by Crippen LogP contribution is 2.22. The van der Waals surface area contributed by atoms with E-state index < -0.39 is 0 Å². The van der Waals surface area contributed by atoms with E-state index in [0.29, 0.717) is 15.8 Å². The molecule has 7 nitrogen and oxygen atoms in total. The zero-order valence-electron chi connectivity index (χ0n) is 14.1. The summed E-state index contributed by atoms with van der Waals surface area (Å²) < 4.78 is 3.99. The van der Waals surface area contributed by atoms with Crippen molar-refractivity contribution in [2.45, 2.75) is 13.8 Å². The molecule has 0 fully saturated rings. The van der Waals surface area contributed by atoms with E-state index in [0.717, 1.165) is 17.1 Å². The van der Waals surface area contributed by atoms with Gasteiger partial charge in [-0.1, -0.05) is 0 Å². The maximum Gasteiger partial charge on any atom is 0.277 e. The first-order chi connectivity index (χ1) is 12.5. The highest BCUT2D eigenvalue weighted by atomic mass is 79.9. The van der Waals surface area contributed by atoms with Gasteiger partial charge in [-0.05, 0) is 66.2 Å². The van der Waals surface area contributed by atoms with Gasteiger partial charge in [-0.15, -0.1) is 0 Å². The fourth-order valence-electron chi connectivity index (χ4n) is 2.77. The predicted octanol–water partition coefficient (Wildman–Crippen LogP) is 3.55. The summed E-state index contributed by atoms with van der Waals surface area (Å²) in [6.45, 7) is 3.96. The maximum atomic E-state index is 12.6. The van der Waals surface area contributed by atoms with Gasteiger partial charge in [0.2, 0.25) is 0 Å². The molecule has 3 heterocycles. The summed E-state index contributed by atoms with van der Waals surface area (Å²) in [5, 5.41) is 11.6. The second-order valence-electron chi connectivity index (χ2n) is 5.89. The van der Waals surface area contributed by atoms with E-state index in [1.165, 1.54) is 0 Å². The number of hydrogen-bond donors (Lipinski definition) is 1. The van der Waals surface area contributed by atoms with Crippen LogP contribution in [0.15, 0.2) is 53.3 Å². The fraction of sp³-hybridized carbons (Fsp3) is 0.111. The van der Waals surface area contributed by atoms with Crippen molar-refractivity contribution in [1.29, 1.82) is 0 Å². The summed E-state index contributed by atoms with van der Waals surface area (Å²) in [5.41, 5.74) is 4.51. The molecule has 0 saturated carbocycles. The molecule has 0 saturated heterocycles. The molecule has 0 aliphatic carbocycles. The van der Waals surface area contributed by atoms with Gasteiger partial charge in [0.1, 0.15) is 0 Å². The van der Waals surface area contributed by atoms with E-state index >= 15 is 0 Å². The molecule has 4 rings (SSSR count). The van der Waals surface area contributed by atoms with E-state index in [9.17, 15) is 4.79 Å². The number of aryl methyl sites for hydroxylation is 2. The second kappa shape index (κ2) is 6.38. The first-order valence-corrected chi connectivity index (χ1v) is 8.76. The van der Waals surface area contributed by atoms with Crippen molar-refractivity contribution in [2.24, 2.45) is 0 Å². The standard InChI is InChI=1S/C18H15BrN6O/c1-11-10-12(2)25(22-11)14-6-4-13(5-7-14)21-18(26)16-15(19)17-20-8-3-9-24(17)23-16/h3-10H,1-2H3,(H,21,26). The van der Waals surface area contributed by atoms with Crippen molar-refractivity contribution < 1.29 is 4.79 Å². The second-order valence-corrected chi connectivity index (χ2v) is 6.68. The summed E-state index contributed by atoms with van der Waals surface area (Å²) in [7, 11) is 0. The zero-order valence-corrected chi connectivity index (χ0v) is 15.7. The van der Waals surface area contributed by atoms with Crippen LogP contribution < -0.4 is 5.32 Å². The van der Waals surface area contributed by atoms with E-state index in [-0.39, 0.29) is 11.6 Å². The van der Waals surface area contributed by atoms with Crippen molar-refractivity contribution in [3.8, 4) is 5.69 Å². The van der Waals surface area contributed by atoms with Gasteiger partial charge in [0.15, 0.2) is 11.3 Å². The van der Waals surface area contributed by atoms with Gasteiger partial charge in [0, 0.05) is 23.8 Å². The molecular formula is C18H15BrN6O. The van der Waals surface area contributed by atoms with Crippen LogP contribution in [0.1, 0.15) is 21.9 Å². The number of carbonyl (C=O) groups is 1. The SMILES string of the molecule is Cc1cc(C)n(-c2ccc(NC(=O)c3nn4cccnc4c3Br)cc2)n1. The molecule has 26 heavy (non-hydrogen) atoms. The largest absolute Gasteiger partial charge is 0.321 e. The Labute approximate surface area is 157 Å². The van der Waals surface area contributed by atoms with E-state index in [4.69, 9.17) is 0 Å². The van der Waals surface area contributed by atoms with Crippen LogP contribution in [-0.2, 0) is 0 Å². The maximum absolute atomic E-state index is 12.6. The van der Waals surface area contributed by atoms with Crippen molar-refractivity contribution in [3.05, 3.63) is 70.3 Å². The number of carbonyl (C=O) groups excluding carboxylic acids is 1. The molecule has 0 unspecified atom stereocenters. The minimum Gasteiger partial charge on any atom is -0.321 e. The highest BCUT2D eigenvalue weighted by Gasteiger charge is 2.18. The molecule has 4 aromatic rings. The number of hydrogen-bond acceptors (Lipinski definition) is 4. The molecule has 3 aromatic heterocycles. The number of fused-ring (bicyclic) bond motifs is 1. The number of amides is 1. The van der Waals surface area contributed by atoms with Gasteiger partial charge in [-0.3, -0.25) is 4.79 Å². The Bertz CT molecular complexity index is 1110. The Balaban J connectivity index is 1.58. The molecule has 0 radical (unpaired) electrons. The highest BCUT2D eigenvalue weighted by molar-refractivity contribution is 9.10. The van der Waals surface area contributed by atoms with Gasteiger partial charge in [-0.25, -0.2) is 14.2 Å². The molecule has 130 valence electrons. The van der Waals surface area contributed by atoms with Gasteiger partial charge in [-0.2, -0.15) is 10.2 Å². The molecule has 1 aromatic carbocycles. The lowest BCUT2D eigenvalue weighted by Gasteiger charge is -2.07. The first-order valence-electron chi connectivity index (χ1n) is 7.97. The number of nitrogens with one attached hydrogen (secondary N) is 1. The number of nitrogens with zero attached hydrogens (tertiary/aromatic N) is 5. The normalized spacial score (nSPS) is 11.0. The molecule has 0 atom stereocenters. The van der Waals surface area contributed by atoms with Crippen molar-refractivity contribution in [2.75, 3.05) is 5.32 Å². The van der Waals surface area contributed by atoms with Gasteiger partial charge in [0.05, 0.1) is 15.9 Å². The van der Waals surface area contributed by atoms with Crippen LogP contribution in [0.25, 0.3) is 11.3 Å². The third-order valence-electron chi connectivity index (χ3n) is 3.93. The number of halogens is 1. The average molecular weight is 411 g/mol. The molecule has 1 N–H and O–H groups in total. The van der Waals surface area contributed by atoms with Crippen LogP contribution in [0.5, 0.6) is 0 Å². The Morgan fingerprint density at radius 1 is 1.15 bits per heavy atom. The van der Waals surface area contributed by atoms with Gasteiger partial charge < -0.3 is 5.32 Å². The number of rotatable bonds is 3. The Hall–Kier alpha value is -3.00. The Morgan fingerprint density at radius 2 is 1.92 bits per heavy atom. The number of anilines is 1. The monoisotopic (exact) mass is 410 g/mol. The number of benzene rings is 1. The fourth-order valence-corrected chi connectivity index (χ4v) is 3.31. The topological polar surface area (TPSA) is 77.1 Å². The van der Waals surface area contributed by atoms with Crippen LogP contribution in [0.2, 0.25) is 0 Å². The Kier molecular flexibility index (Phi) is 4.04. The molecule has 0 aliphatic rings. The first kappa shape index (κ1) is 16.5. The lowest BCUT2D eigenvalue weighted by atomic mass is 10.2. The molecule has 0 bridgehead atoms. The molecular weight excluding hydrogens is 396 g/mol. The minimum atomic E-state index is -0.304. The van der Waals surface area contributed by atoms with E-state index in [2.05, 4.69) is 36.4 Å². The van der Waals surface area contributed by atoms with Crippen molar-refractivity contribution in [1.82, 2.24) is 24.4 Å². The summed E-state index contributed by atoms with van der Waals surface area (Å²) in [6, 6.07) is 11.3. The zero-order chi connectivity index (χ0) is 18.3.